The van der Waals surface area contributed by atoms with Crippen molar-refractivity contribution in [3.05, 3.63) is 59.4 Å². The lowest BCUT2D eigenvalue weighted by Gasteiger charge is -2.40. The van der Waals surface area contributed by atoms with Crippen LogP contribution in [0.4, 0.5) is 0 Å². The second kappa shape index (κ2) is 5.62. The summed E-state index contributed by atoms with van der Waals surface area (Å²) in [5.74, 6) is 0.919. The summed E-state index contributed by atoms with van der Waals surface area (Å²) >= 11 is 0. The van der Waals surface area contributed by atoms with Crippen molar-refractivity contribution in [2.45, 2.75) is 25.0 Å². The molecule has 1 N–H and O–H groups in total. The molecule has 2 aromatic rings. The minimum Gasteiger partial charge on any atom is -0.488 e. The number of benzene rings is 1. The standard InChI is InChI=1S/C19H22N2O2/c1-21-11-8-15(9-12-21)19(22)16-6-2-3-7-17(16)23-13-14-5-4-10-20-18(14)19/h2-7,10,15,22H,8-9,11-13H2,1H3. The number of aliphatic hydroxyl groups is 1. The molecule has 23 heavy (non-hydrogen) atoms. The zero-order valence-corrected chi connectivity index (χ0v) is 13.4. The lowest BCUT2D eigenvalue weighted by molar-refractivity contribution is -0.0146. The van der Waals surface area contributed by atoms with Gasteiger partial charge in [-0.15, -0.1) is 0 Å². The van der Waals surface area contributed by atoms with Crippen molar-refractivity contribution in [2.75, 3.05) is 20.1 Å². The molecule has 1 saturated heterocycles. The molecular weight excluding hydrogens is 288 g/mol. The highest BCUT2D eigenvalue weighted by molar-refractivity contribution is 5.47. The molecule has 120 valence electrons. The first-order valence-corrected chi connectivity index (χ1v) is 8.27. The molecule has 1 fully saturated rings. The number of piperidine rings is 1. The molecule has 1 unspecified atom stereocenters. The first-order chi connectivity index (χ1) is 11.2. The predicted molar refractivity (Wildman–Crippen MR) is 88.2 cm³/mol. The molecule has 1 aromatic heterocycles. The molecule has 1 aromatic carbocycles. The molecule has 4 nitrogen and oxygen atoms in total. The third kappa shape index (κ3) is 2.33. The van der Waals surface area contributed by atoms with E-state index in [1.165, 1.54) is 0 Å². The molecule has 0 aliphatic carbocycles. The Morgan fingerprint density at radius 3 is 2.78 bits per heavy atom. The number of rotatable bonds is 1. The van der Waals surface area contributed by atoms with E-state index >= 15 is 0 Å². The summed E-state index contributed by atoms with van der Waals surface area (Å²) in [6.07, 6.45) is 3.68. The number of hydrogen-bond donors (Lipinski definition) is 1. The number of aromatic nitrogens is 1. The Hall–Kier alpha value is -1.91. The molecule has 3 heterocycles. The molecule has 2 aliphatic heterocycles. The maximum Gasteiger partial charge on any atom is 0.138 e. The third-order valence-electron chi connectivity index (χ3n) is 5.24. The zero-order valence-electron chi connectivity index (χ0n) is 13.4. The van der Waals surface area contributed by atoms with Gasteiger partial charge in [-0.05, 0) is 45.1 Å². The van der Waals surface area contributed by atoms with Crippen LogP contribution in [0.25, 0.3) is 0 Å². The molecule has 0 spiro atoms. The number of ether oxygens (including phenoxy) is 1. The SMILES string of the molecule is CN1CCC(C2(O)c3ccccc3OCc3cccnc32)CC1. The highest BCUT2D eigenvalue weighted by atomic mass is 16.5. The molecule has 2 aliphatic rings. The van der Waals surface area contributed by atoms with Crippen molar-refractivity contribution in [3.63, 3.8) is 0 Å². The molecule has 0 amide bonds. The first kappa shape index (κ1) is 14.7. The van der Waals surface area contributed by atoms with E-state index in [0.717, 1.165) is 48.5 Å². The summed E-state index contributed by atoms with van der Waals surface area (Å²) < 4.78 is 5.97. The van der Waals surface area contributed by atoms with Gasteiger partial charge >= 0.3 is 0 Å². The smallest absolute Gasteiger partial charge is 0.138 e. The molecule has 4 heteroatoms. The van der Waals surface area contributed by atoms with Crippen LogP contribution in [0, 0.1) is 5.92 Å². The molecule has 0 radical (unpaired) electrons. The van der Waals surface area contributed by atoms with Crippen LogP contribution >= 0.6 is 0 Å². The minimum absolute atomic E-state index is 0.148. The van der Waals surface area contributed by atoms with E-state index in [0.29, 0.717) is 6.61 Å². The monoisotopic (exact) mass is 310 g/mol. The van der Waals surface area contributed by atoms with E-state index in [2.05, 4.69) is 16.9 Å². The molecule has 1 atom stereocenters. The van der Waals surface area contributed by atoms with E-state index in [-0.39, 0.29) is 5.92 Å². The summed E-state index contributed by atoms with van der Waals surface area (Å²) in [4.78, 5) is 6.90. The van der Waals surface area contributed by atoms with Crippen molar-refractivity contribution in [1.29, 1.82) is 0 Å². The van der Waals surface area contributed by atoms with Crippen LogP contribution in [-0.4, -0.2) is 35.1 Å². The van der Waals surface area contributed by atoms with Gasteiger partial charge < -0.3 is 14.7 Å². The van der Waals surface area contributed by atoms with Gasteiger partial charge in [0.05, 0.1) is 5.69 Å². The van der Waals surface area contributed by atoms with Crippen molar-refractivity contribution in [2.24, 2.45) is 5.92 Å². The van der Waals surface area contributed by atoms with E-state index in [4.69, 9.17) is 4.74 Å². The van der Waals surface area contributed by atoms with Crippen LogP contribution in [0.1, 0.15) is 29.7 Å². The maximum atomic E-state index is 11.9. The zero-order chi connectivity index (χ0) is 15.9. The van der Waals surface area contributed by atoms with Gasteiger partial charge in [-0.3, -0.25) is 4.98 Å². The first-order valence-electron chi connectivity index (χ1n) is 8.27. The van der Waals surface area contributed by atoms with Gasteiger partial charge in [0.2, 0.25) is 0 Å². The fourth-order valence-electron chi connectivity index (χ4n) is 3.93. The number of nitrogens with zero attached hydrogens (tertiary/aromatic N) is 2. The summed E-state index contributed by atoms with van der Waals surface area (Å²) in [6.45, 7) is 2.45. The van der Waals surface area contributed by atoms with Crippen molar-refractivity contribution < 1.29 is 9.84 Å². The molecular formula is C19H22N2O2. The average Bonchev–Trinajstić information content (AvgIpc) is 2.72. The van der Waals surface area contributed by atoms with Gasteiger partial charge in [0.25, 0.3) is 0 Å². The van der Waals surface area contributed by atoms with Crippen LogP contribution in [0.3, 0.4) is 0 Å². The fraction of sp³-hybridized carbons (Fsp3) is 0.421. The van der Waals surface area contributed by atoms with Gasteiger partial charge in [0.15, 0.2) is 0 Å². The van der Waals surface area contributed by atoms with E-state index in [1.807, 2.05) is 36.4 Å². The normalized spacial score (nSPS) is 25.1. The molecule has 4 rings (SSSR count). The Balaban J connectivity index is 1.89. The van der Waals surface area contributed by atoms with Crippen molar-refractivity contribution >= 4 is 0 Å². The van der Waals surface area contributed by atoms with Gasteiger partial charge in [0.1, 0.15) is 18.0 Å². The topological polar surface area (TPSA) is 45.6 Å². The number of pyridine rings is 1. The van der Waals surface area contributed by atoms with Crippen LogP contribution < -0.4 is 4.74 Å². The fourth-order valence-corrected chi connectivity index (χ4v) is 3.93. The average molecular weight is 310 g/mol. The number of likely N-dealkylation sites (tertiary alicyclic amines) is 1. The molecule has 0 bridgehead atoms. The predicted octanol–water partition coefficient (Wildman–Crippen LogP) is 2.55. The summed E-state index contributed by atoms with van der Waals surface area (Å²) in [6, 6.07) is 11.8. The highest BCUT2D eigenvalue weighted by Gasteiger charge is 2.46. The Bertz CT molecular complexity index is 661. The minimum atomic E-state index is -1.08. The summed E-state index contributed by atoms with van der Waals surface area (Å²) in [5.41, 5.74) is 1.52. The number of hydrogen-bond acceptors (Lipinski definition) is 4. The van der Waals surface area contributed by atoms with E-state index in [9.17, 15) is 5.11 Å². The Morgan fingerprint density at radius 1 is 1.17 bits per heavy atom. The quantitative estimate of drug-likeness (QED) is 0.879. The maximum absolute atomic E-state index is 11.9. The van der Waals surface area contributed by atoms with Crippen LogP contribution in [0.2, 0.25) is 0 Å². The number of para-hydroxylation sites is 1. The second-order valence-corrected chi connectivity index (χ2v) is 6.64. The Labute approximate surface area is 136 Å². The van der Waals surface area contributed by atoms with Crippen LogP contribution in [-0.2, 0) is 12.2 Å². The summed E-state index contributed by atoms with van der Waals surface area (Å²) in [5, 5.41) is 11.9. The largest absolute Gasteiger partial charge is 0.488 e. The van der Waals surface area contributed by atoms with Crippen LogP contribution in [0.15, 0.2) is 42.6 Å². The summed E-state index contributed by atoms with van der Waals surface area (Å²) in [7, 11) is 2.14. The van der Waals surface area contributed by atoms with Gasteiger partial charge in [-0.1, -0.05) is 24.3 Å². The Kier molecular flexibility index (Phi) is 3.58. The van der Waals surface area contributed by atoms with Crippen molar-refractivity contribution in [1.82, 2.24) is 9.88 Å². The Morgan fingerprint density at radius 2 is 1.96 bits per heavy atom. The highest BCUT2D eigenvalue weighted by Crippen LogP contribution is 2.47. The second-order valence-electron chi connectivity index (χ2n) is 6.64. The number of fused-ring (bicyclic) bond motifs is 2. The van der Waals surface area contributed by atoms with Crippen LogP contribution in [0.5, 0.6) is 5.75 Å². The van der Waals surface area contributed by atoms with E-state index < -0.39 is 5.60 Å². The third-order valence-corrected chi connectivity index (χ3v) is 5.24. The van der Waals surface area contributed by atoms with Gasteiger partial charge in [0, 0.05) is 23.2 Å². The van der Waals surface area contributed by atoms with Crippen molar-refractivity contribution in [3.8, 4) is 5.75 Å². The van der Waals surface area contributed by atoms with E-state index in [1.54, 1.807) is 6.20 Å². The molecule has 0 saturated carbocycles. The van der Waals surface area contributed by atoms with Gasteiger partial charge in [-0.2, -0.15) is 0 Å². The lowest BCUT2D eigenvalue weighted by atomic mass is 9.73. The van der Waals surface area contributed by atoms with Gasteiger partial charge in [-0.25, -0.2) is 0 Å². The lowest BCUT2D eigenvalue weighted by Crippen LogP contribution is -2.44.